The van der Waals surface area contributed by atoms with Crippen molar-refractivity contribution in [3.05, 3.63) is 71.3 Å². The zero-order valence-corrected chi connectivity index (χ0v) is 12.3. The van der Waals surface area contributed by atoms with Gasteiger partial charge in [-0.05, 0) is 29.9 Å². The maximum absolute atomic E-state index is 12.0. The fourth-order valence-electron chi connectivity index (χ4n) is 2.29. The van der Waals surface area contributed by atoms with E-state index in [1.54, 1.807) is 0 Å². The molecule has 0 fully saturated rings. The molecular formula is C19H22O. The quantitative estimate of drug-likeness (QED) is 0.671. The molecule has 0 aliphatic heterocycles. The van der Waals surface area contributed by atoms with Gasteiger partial charge in [0.2, 0.25) is 0 Å². The summed E-state index contributed by atoms with van der Waals surface area (Å²) in [6, 6.07) is 18.3. The van der Waals surface area contributed by atoms with Crippen LogP contribution in [0.25, 0.3) is 0 Å². The van der Waals surface area contributed by atoms with Gasteiger partial charge in [-0.25, -0.2) is 0 Å². The minimum absolute atomic E-state index is 0.240. The van der Waals surface area contributed by atoms with Crippen LogP contribution < -0.4 is 0 Å². The molecule has 0 amide bonds. The first-order valence-electron chi connectivity index (χ1n) is 7.34. The van der Waals surface area contributed by atoms with Crippen LogP contribution in [-0.4, -0.2) is 5.78 Å². The van der Waals surface area contributed by atoms with Crippen molar-refractivity contribution in [3.8, 4) is 0 Å². The van der Waals surface area contributed by atoms with Crippen LogP contribution in [0.5, 0.6) is 0 Å². The Labute approximate surface area is 121 Å². The van der Waals surface area contributed by atoms with E-state index in [1.807, 2.05) is 30.3 Å². The Hall–Kier alpha value is -1.89. The first-order valence-corrected chi connectivity index (χ1v) is 7.34. The van der Waals surface area contributed by atoms with Crippen LogP contribution in [0, 0.1) is 0 Å². The number of hydrogen-bond acceptors (Lipinski definition) is 1. The number of benzene rings is 2. The molecular weight excluding hydrogens is 244 g/mol. The first-order chi connectivity index (χ1) is 9.66. The standard InChI is InChI=1S/C19H22O/c1-15(2)17-13-11-16(12-14-17)7-6-10-19(20)18-8-4-3-5-9-18/h3-5,8-9,11-15H,6-7,10H2,1-2H3. The van der Waals surface area contributed by atoms with Crippen molar-refractivity contribution < 1.29 is 4.79 Å². The van der Waals surface area contributed by atoms with Gasteiger partial charge in [0.05, 0.1) is 0 Å². The Balaban J connectivity index is 1.82. The Kier molecular flexibility index (Phi) is 5.11. The monoisotopic (exact) mass is 266 g/mol. The number of carbonyl (C=O) groups is 1. The summed E-state index contributed by atoms with van der Waals surface area (Å²) in [5.74, 6) is 0.813. The first kappa shape index (κ1) is 14.5. The lowest BCUT2D eigenvalue weighted by Crippen LogP contribution is -1.99. The molecule has 20 heavy (non-hydrogen) atoms. The summed E-state index contributed by atoms with van der Waals surface area (Å²) >= 11 is 0. The van der Waals surface area contributed by atoms with Gasteiger partial charge in [0, 0.05) is 12.0 Å². The van der Waals surface area contributed by atoms with E-state index in [-0.39, 0.29) is 5.78 Å². The van der Waals surface area contributed by atoms with Gasteiger partial charge in [0.15, 0.2) is 5.78 Å². The molecule has 0 aromatic heterocycles. The molecule has 0 radical (unpaired) electrons. The topological polar surface area (TPSA) is 17.1 Å². The molecule has 2 aromatic carbocycles. The van der Waals surface area contributed by atoms with E-state index in [9.17, 15) is 4.79 Å². The summed E-state index contributed by atoms with van der Waals surface area (Å²) in [6.07, 6.45) is 2.50. The fraction of sp³-hybridized carbons (Fsp3) is 0.316. The Morgan fingerprint density at radius 1 is 0.950 bits per heavy atom. The third-order valence-corrected chi connectivity index (χ3v) is 3.61. The highest BCUT2D eigenvalue weighted by Crippen LogP contribution is 2.16. The number of hydrogen-bond donors (Lipinski definition) is 0. The lowest BCUT2D eigenvalue weighted by atomic mass is 9.99. The summed E-state index contributed by atoms with van der Waals surface area (Å²) in [5.41, 5.74) is 3.51. The Bertz CT molecular complexity index is 538. The summed E-state index contributed by atoms with van der Waals surface area (Å²) in [4.78, 5) is 12.0. The van der Waals surface area contributed by atoms with Gasteiger partial charge in [-0.3, -0.25) is 4.79 Å². The van der Waals surface area contributed by atoms with Crippen LogP contribution in [0.4, 0.5) is 0 Å². The molecule has 0 saturated heterocycles. The van der Waals surface area contributed by atoms with Crippen LogP contribution >= 0.6 is 0 Å². The van der Waals surface area contributed by atoms with Crippen molar-refractivity contribution in [3.63, 3.8) is 0 Å². The summed E-state index contributed by atoms with van der Waals surface area (Å²) < 4.78 is 0. The van der Waals surface area contributed by atoms with Crippen LogP contribution in [0.2, 0.25) is 0 Å². The summed E-state index contributed by atoms with van der Waals surface area (Å²) in [6.45, 7) is 4.40. The SMILES string of the molecule is CC(C)c1ccc(CCCC(=O)c2ccccc2)cc1. The van der Waals surface area contributed by atoms with Gasteiger partial charge in [-0.2, -0.15) is 0 Å². The van der Waals surface area contributed by atoms with Crippen LogP contribution in [-0.2, 0) is 6.42 Å². The van der Waals surface area contributed by atoms with Crippen LogP contribution in [0.15, 0.2) is 54.6 Å². The van der Waals surface area contributed by atoms with Gasteiger partial charge in [-0.1, -0.05) is 68.4 Å². The molecule has 1 heteroatoms. The molecule has 0 unspecified atom stereocenters. The van der Waals surface area contributed by atoms with Gasteiger partial charge >= 0.3 is 0 Å². The summed E-state index contributed by atoms with van der Waals surface area (Å²) in [5, 5.41) is 0. The van der Waals surface area contributed by atoms with E-state index in [2.05, 4.69) is 38.1 Å². The second-order valence-corrected chi connectivity index (χ2v) is 5.54. The molecule has 0 saturated carbocycles. The third-order valence-electron chi connectivity index (χ3n) is 3.61. The molecule has 0 heterocycles. The molecule has 2 rings (SSSR count). The van der Waals surface area contributed by atoms with E-state index >= 15 is 0 Å². The molecule has 0 spiro atoms. The Morgan fingerprint density at radius 3 is 2.20 bits per heavy atom. The number of ketones is 1. The normalized spacial score (nSPS) is 10.8. The predicted octanol–water partition coefficient (Wildman–Crippen LogP) is 5.02. The summed E-state index contributed by atoms with van der Waals surface area (Å²) in [7, 11) is 0. The van der Waals surface area contributed by atoms with Crippen LogP contribution in [0.3, 0.4) is 0 Å². The predicted molar refractivity (Wildman–Crippen MR) is 84.2 cm³/mol. The van der Waals surface area contributed by atoms with Crippen molar-refractivity contribution >= 4 is 5.78 Å². The van der Waals surface area contributed by atoms with Crippen LogP contribution in [0.1, 0.15) is 54.1 Å². The van der Waals surface area contributed by atoms with Crippen molar-refractivity contribution in [2.45, 2.75) is 39.0 Å². The van der Waals surface area contributed by atoms with Crippen molar-refractivity contribution in [2.75, 3.05) is 0 Å². The lowest BCUT2D eigenvalue weighted by Gasteiger charge is -2.07. The Morgan fingerprint density at radius 2 is 1.60 bits per heavy atom. The van der Waals surface area contributed by atoms with Gasteiger partial charge < -0.3 is 0 Å². The van der Waals surface area contributed by atoms with E-state index < -0.39 is 0 Å². The van der Waals surface area contributed by atoms with E-state index in [4.69, 9.17) is 0 Å². The number of rotatable bonds is 6. The molecule has 0 N–H and O–H groups in total. The van der Waals surface area contributed by atoms with Crippen molar-refractivity contribution in [1.29, 1.82) is 0 Å². The van der Waals surface area contributed by atoms with Gasteiger partial charge in [0.1, 0.15) is 0 Å². The van der Waals surface area contributed by atoms with Gasteiger partial charge in [-0.15, -0.1) is 0 Å². The van der Waals surface area contributed by atoms with Gasteiger partial charge in [0.25, 0.3) is 0 Å². The lowest BCUT2D eigenvalue weighted by molar-refractivity contribution is 0.0980. The number of carbonyl (C=O) groups excluding carboxylic acids is 1. The smallest absolute Gasteiger partial charge is 0.162 e. The number of Topliss-reactive ketones (excluding diaryl/α,β-unsaturated/α-hetero) is 1. The maximum atomic E-state index is 12.0. The highest BCUT2D eigenvalue weighted by Gasteiger charge is 2.05. The second-order valence-electron chi connectivity index (χ2n) is 5.54. The van der Waals surface area contributed by atoms with Crippen molar-refractivity contribution in [2.24, 2.45) is 0 Å². The maximum Gasteiger partial charge on any atom is 0.162 e. The highest BCUT2D eigenvalue weighted by molar-refractivity contribution is 5.95. The minimum Gasteiger partial charge on any atom is -0.294 e. The van der Waals surface area contributed by atoms with Crippen molar-refractivity contribution in [1.82, 2.24) is 0 Å². The average molecular weight is 266 g/mol. The zero-order valence-electron chi connectivity index (χ0n) is 12.3. The molecule has 0 aliphatic carbocycles. The van der Waals surface area contributed by atoms with E-state index in [1.165, 1.54) is 11.1 Å². The molecule has 0 aliphatic rings. The molecule has 2 aromatic rings. The molecule has 1 nitrogen and oxygen atoms in total. The number of aryl methyl sites for hydroxylation is 1. The molecule has 104 valence electrons. The highest BCUT2D eigenvalue weighted by atomic mass is 16.1. The second kappa shape index (κ2) is 7.04. The minimum atomic E-state index is 0.240. The van der Waals surface area contributed by atoms with E-state index in [0.29, 0.717) is 12.3 Å². The molecule has 0 atom stereocenters. The average Bonchev–Trinajstić information content (AvgIpc) is 2.48. The third kappa shape index (κ3) is 4.06. The van der Waals surface area contributed by atoms with E-state index in [0.717, 1.165) is 18.4 Å². The largest absolute Gasteiger partial charge is 0.294 e. The fourth-order valence-corrected chi connectivity index (χ4v) is 2.29. The molecule has 0 bridgehead atoms. The zero-order chi connectivity index (χ0) is 14.4.